The van der Waals surface area contributed by atoms with Gasteiger partial charge in [0.25, 0.3) is 0 Å². The lowest BCUT2D eigenvalue weighted by atomic mass is 10.1. The molecule has 0 unspecified atom stereocenters. The van der Waals surface area contributed by atoms with Crippen LogP contribution in [-0.2, 0) is 0 Å². The van der Waals surface area contributed by atoms with Gasteiger partial charge in [0.05, 0.1) is 17.7 Å². The Morgan fingerprint density at radius 1 is 1.44 bits per heavy atom. The van der Waals surface area contributed by atoms with Crippen molar-refractivity contribution in [2.75, 3.05) is 19.1 Å². The predicted molar refractivity (Wildman–Crippen MR) is 66.8 cm³/mol. The van der Waals surface area contributed by atoms with E-state index in [2.05, 4.69) is 10.2 Å². The van der Waals surface area contributed by atoms with Crippen LogP contribution < -0.4 is 10.5 Å². The van der Waals surface area contributed by atoms with Gasteiger partial charge in [0.1, 0.15) is 11.6 Å². The van der Waals surface area contributed by atoms with Gasteiger partial charge in [-0.05, 0) is 12.3 Å². The van der Waals surface area contributed by atoms with Crippen molar-refractivity contribution in [1.82, 2.24) is 10.2 Å². The Hall–Kier alpha value is -1.62. The van der Waals surface area contributed by atoms with Crippen molar-refractivity contribution < 1.29 is 4.74 Å². The number of hydrogen-bond acceptors (Lipinski definition) is 4. The number of thioether (sulfide) groups is 1. The van der Waals surface area contributed by atoms with Gasteiger partial charge >= 0.3 is 0 Å². The quantitative estimate of drug-likeness (QED) is 0.802. The lowest BCUT2D eigenvalue weighted by molar-refractivity contribution is 0.405. The zero-order valence-electron chi connectivity index (χ0n) is 9.15. The summed E-state index contributed by atoms with van der Waals surface area (Å²) in [6.07, 6.45) is 2.01. The van der Waals surface area contributed by atoms with E-state index in [4.69, 9.17) is 10.5 Å². The number of methoxy groups -OCH3 is 1. The minimum absolute atomic E-state index is 0.491. The Balaban J connectivity index is 2.56. The smallest absolute Gasteiger partial charge is 0.145 e. The molecule has 3 N–H and O–H groups in total. The third kappa shape index (κ3) is 1.86. The Bertz CT molecular complexity index is 496. The molecule has 0 atom stereocenters. The number of aromatic nitrogens is 2. The second-order valence-corrected chi connectivity index (χ2v) is 4.06. The summed E-state index contributed by atoms with van der Waals surface area (Å²) in [4.78, 5) is 1.08. The van der Waals surface area contributed by atoms with E-state index in [1.165, 1.54) is 0 Å². The summed E-state index contributed by atoms with van der Waals surface area (Å²) in [5.74, 6) is 1.35. The van der Waals surface area contributed by atoms with Crippen molar-refractivity contribution in [2.24, 2.45) is 0 Å². The summed E-state index contributed by atoms with van der Waals surface area (Å²) in [6.45, 7) is 0. The van der Waals surface area contributed by atoms with Crippen molar-refractivity contribution in [1.29, 1.82) is 0 Å². The number of nitrogens with one attached hydrogen (secondary N) is 1. The Labute approximate surface area is 98.2 Å². The van der Waals surface area contributed by atoms with E-state index < -0.39 is 0 Å². The highest BCUT2D eigenvalue weighted by Crippen LogP contribution is 2.36. The molecule has 2 rings (SSSR count). The van der Waals surface area contributed by atoms with Crippen molar-refractivity contribution >= 4 is 17.6 Å². The molecule has 0 fully saturated rings. The topological polar surface area (TPSA) is 63.9 Å². The van der Waals surface area contributed by atoms with Crippen LogP contribution in [-0.4, -0.2) is 23.6 Å². The van der Waals surface area contributed by atoms with E-state index in [1.54, 1.807) is 18.9 Å². The number of ether oxygens (including phenoxy) is 1. The number of hydrogen-bond donors (Lipinski definition) is 2. The summed E-state index contributed by atoms with van der Waals surface area (Å²) in [5.41, 5.74) is 7.55. The van der Waals surface area contributed by atoms with E-state index in [0.717, 1.165) is 21.9 Å². The fourth-order valence-corrected chi connectivity index (χ4v) is 2.32. The summed E-state index contributed by atoms with van der Waals surface area (Å²) >= 11 is 1.64. The van der Waals surface area contributed by atoms with E-state index in [9.17, 15) is 0 Å². The minimum atomic E-state index is 0.491. The van der Waals surface area contributed by atoms with E-state index in [0.29, 0.717) is 5.82 Å². The molecule has 0 bridgehead atoms. The highest BCUT2D eigenvalue weighted by molar-refractivity contribution is 7.98. The van der Waals surface area contributed by atoms with Gasteiger partial charge in [0.2, 0.25) is 0 Å². The number of nitrogens with zero attached hydrogens (tertiary/aromatic N) is 1. The highest BCUT2D eigenvalue weighted by atomic mass is 32.2. The molecular weight excluding hydrogens is 222 g/mol. The highest BCUT2D eigenvalue weighted by Gasteiger charge is 2.11. The maximum Gasteiger partial charge on any atom is 0.145 e. The second kappa shape index (κ2) is 4.49. The van der Waals surface area contributed by atoms with Crippen molar-refractivity contribution in [3.05, 3.63) is 24.3 Å². The van der Waals surface area contributed by atoms with Crippen LogP contribution in [0.2, 0.25) is 0 Å². The van der Waals surface area contributed by atoms with Crippen LogP contribution in [0.25, 0.3) is 11.3 Å². The summed E-state index contributed by atoms with van der Waals surface area (Å²) in [5, 5.41) is 6.83. The van der Waals surface area contributed by atoms with E-state index >= 15 is 0 Å². The minimum Gasteiger partial charge on any atom is -0.496 e. The molecule has 2 aromatic rings. The fourth-order valence-electron chi connectivity index (χ4n) is 1.57. The number of nitrogens with two attached hydrogens (primary N) is 1. The molecular formula is C11H13N3OS. The van der Waals surface area contributed by atoms with Crippen LogP contribution >= 0.6 is 11.8 Å². The number of rotatable bonds is 3. The lowest BCUT2D eigenvalue weighted by Crippen LogP contribution is -1.89. The molecule has 5 heteroatoms. The maximum absolute atomic E-state index is 5.60. The molecule has 1 heterocycles. The average Bonchev–Trinajstić information content (AvgIpc) is 2.74. The molecule has 84 valence electrons. The summed E-state index contributed by atoms with van der Waals surface area (Å²) in [6, 6.07) is 7.72. The molecule has 0 amide bonds. The van der Waals surface area contributed by atoms with Crippen LogP contribution in [0.15, 0.2) is 29.2 Å². The molecule has 0 radical (unpaired) electrons. The standard InChI is InChI=1S/C11H13N3OS/c1-15-9-5-3-4-7(11(9)16-2)8-6-10(12)14-13-8/h3-6H,1-2H3,(H3,12,13,14). The molecule has 0 spiro atoms. The van der Waals surface area contributed by atoms with Gasteiger partial charge in [-0.1, -0.05) is 12.1 Å². The normalized spacial score (nSPS) is 10.4. The number of anilines is 1. The van der Waals surface area contributed by atoms with Gasteiger partial charge < -0.3 is 10.5 Å². The van der Waals surface area contributed by atoms with E-state index in [1.807, 2.05) is 30.5 Å². The molecule has 4 nitrogen and oxygen atoms in total. The number of nitrogen functional groups attached to an aromatic ring is 1. The van der Waals surface area contributed by atoms with Gasteiger partial charge in [0.15, 0.2) is 0 Å². The number of benzene rings is 1. The molecule has 0 saturated carbocycles. The second-order valence-electron chi connectivity index (χ2n) is 3.25. The molecule has 1 aromatic carbocycles. The summed E-state index contributed by atoms with van der Waals surface area (Å²) in [7, 11) is 1.67. The van der Waals surface area contributed by atoms with Crippen LogP contribution in [0, 0.1) is 0 Å². The third-order valence-corrected chi connectivity index (χ3v) is 3.12. The van der Waals surface area contributed by atoms with E-state index in [-0.39, 0.29) is 0 Å². The Kier molecular flexibility index (Phi) is 3.05. The van der Waals surface area contributed by atoms with Crippen LogP contribution in [0.5, 0.6) is 5.75 Å². The Morgan fingerprint density at radius 2 is 2.25 bits per heavy atom. The third-order valence-electron chi connectivity index (χ3n) is 2.29. The van der Waals surface area contributed by atoms with Crippen LogP contribution in [0.3, 0.4) is 0 Å². The first-order valence-corrected chi connectivity index (χ1v) is 6.01. The number of H-pyrrole nitrogens is 1. The van der Waals surface area contributed by atoms with Gasteiger partial charge in [-0.25, -0.2) is 0 Å². The van der Waals surface area contributed by atoms with Gasteiger partial charge in [-0.15, -0.1) is 11.8 Å². The maximum atomic E-state index is 5.60. The van der Waals surface area contributed by atoms with Crippen molar-refractivity contribution in [3.8, 4) is 17.0 Å². The van der Waals surface area contributed by atoms with Gasteiger partial charge in [-0.3, -0.25) is 5.10 Å². The molecule has 0 saturated heterocycles. The first-order chi connectivity index (χ1) is 7.76. The Morgan fingerprint density at radius 3 is 2.81 bits per heavy atom. The average molecular weight is 235 g/mol. The zero-order chi connectivity index (χ0) is 11.5. The molecule has 16 heavy (non-hydrogen) atoms. The molecule has 1 aromatic heterocycles. The number of aromatic amines is 1. The monoisotopic (exact) mass is 235 g/mol. The predicted octanol–water partition coefficient (Wildman–Crippen LogP) is 2.39. The zero-order valence-corrected chi connectivity index (χ0v) is 9.97. The van der Waals surface area contributed by atoms with Crippen molar-refractivity contribution in [3.63, 3.8) is 0 Å². The fraction of sp³-hybridized carbons (Fsp3) is 0.182. The SMILES string of the molecule is COc1cccc(-c2cc(N)n[nH]2)c1SC. The van der Waals surface area contributed by atoms with Crippen LogP contribution in [0.1, 0.15) is 0 Å². The van der Waals surface area contributed by atoms with Crippen LogP contribution in [0.4, 0.5) is 5.82 Å². The molecule has 0 aliphatic rings. The summed E-state index contributed by atoms with van der Waals surface area (Å²) < 4.78 is 5.32. The molecule has 0 aliphatic heterocycles. The largest absolute Gasteiger partial charge is 0.496 e. The van der Waals surface area contributed by atoms with Gasteiger partial charge in [0, 0.05) is 11.6 Å². The first-order valence-electron chi connectivity index (χ1n) is 4.78. The lowest BCUT2D eigenvalue weighted by Gasteiger charge is -2.10. The van der Waals surface area contributed by atoms with Gasteiger partial charge in [-0.2, -0.15) is 5.10 Å². The first kappa shape index (κ1) is 10.9. The van der Waals surface area contributed by atoms with Crippen molar-refractivity contribution in [2.45, 2.75) is 4.90 Å². The molecule has 0 aliphatic carbocycles.